The van der Waals surface area contributed by atoms with Gasteiger partial charge in [-0.1, -0.05) is 5.21 Å². The monoisotopic (exact) mass is 166 g/mol. The van der Waals surface area contributed by atoms with E-state index >= 15 is 0 Å². The molecule has 0 saturated carbocycles. The van der Waals surface area contributed by atoms with Crippen molar-refractivity contribution < 1.29 is 4.74 Å². The summed E-state index contributed by atoms with van der Waals surface area (Å²) < 4.78 is 7.60. The molecule has 0 bridgehead atoms. The predicted octanol–water partition coefficient (Wildman–Crippen LogP) is -0.679. The van der Waals surface area contributed by atoms with Crippen LogP contribution in [0.1, 0.15) is 11.7 Å². The SMILES string of the molecule is c1nnn2c1COC1CNC[C@@H]12. The molecule has 1 saturated heterocycles. The lowest BCUT2D eigenvalue weighted by Crippen LogP contribution is -2.32. The third kappa shape index (κ3) is 0.748. The van der Waals surface area contributed by atoms with Crippen LogP contribution in [0.2, 0.25) is 0 Å². The van der Waals surface area contributed by atoms with Crippen molar-refractivity contribution in [2.75, 3.05) is 13.1 Å². The van der Waals surface area contributed by atoms with Crippen molar-refractivity contribution in [3.63, 3.8) is 0 Å². The Balaban J connectivity index is 2.04. The molecular formula is C7H10N4O. The van der Waals surface area contributed by atoms with Crippen LogP contribution in [0.5, 0.6) is 0 Å². The fourth-order valence-electron chi connectivity index (χ4n) is 1.89. The molecule has 2 aliphatic rings. The van der Waals surface area contributed by atoms with E-state index < -0.39 is 0 Å². The first-order valence-corrected chi connectivity index (χ1v) is 4.16. The number of nitrogens with one attached hydrogen (secondary N) is 1. The maximum absolute atomic E-state index is 5.62. The third-order valence-corrected chi connectivity index (χ3v) is 2.54. The summed E-state index contributed by atoms with van der Waals surface area (Å²) in [6.45, 7) is 2.53. The summed E-state index contributed by atoms with van der Waals surface area (Å²) in [4.78, 5) is 0. The molecule has 3 rings (SSSR count). The largest absolute Gasteiger partial charge is 0.368 e. The number of hydrogen-bond donors (Lipinski definition) is 1. The molecule has 0 amide bonds. The van der Waals surface area contributed by atoms with Crippen LogP contribution in [-0.2, 0) is 11.3 Å². The zero-order valence-electron chi connectivity index (χ0n) is 6.60. The summed E-state index contributed by atoms with van der Waals surface area (Å²) in [6.07, 6.45) is 2.06. The van der Waals surface area contributed by atoms with E-state index in [1.165, 1.54) is 0 Å². The average Bonchev–Trinajstić information content (AvgIpc) is 2.71. The van der Waals surface area contributed by atoms with Crippen LogP contribution < -0.4 is 5.32 Å². The summed E-state index contributed by atoms with van der Waals surface area (Å²) in [7, 11) is 0. The summed E-state index contributed by atoms with van der Waals surface area (Å²) >= 11 is 0. The smallest absolute Gasteiger partial charge is 0.0941 e. The van der Waals surface area contributed by atoms with E-state index in [-0.39, 0.29) is 0 Å². The molecule has 2 aliphatic heterocycles. The number of hydrogen-bond acceptors (Lipinski definition) is 4. The molecule has 5 nitrogen and oxygen atoms in total. The zero-order chi connectivity index (χ0) is 7.97. The molecule has 1 aromatic rings. The lowest BCUT2D eigenvalue weighted by Gasteiger charge is -2.25. The molecule has 12 heavy (non-hydrogen) atoms. The second kappa shape index (κ2) is 2.27. The maximum Gasteiger partial charge on any atom is 0.0941 e. The quantitative estimate of drug-likeness (QED) is 0.555. The number of rotatable bonds is 0. The Morgan fingerprint density at radius 2 is 2.58 bits per heavy atom. The van der Waals surface area contributed by atoms with E-state index in [1.54, 1.807) is 6.20 Å². The maximum atomic E-state index is 5.62. The molecule has 0 radical (unpaired) electrons. The van der Waals surface area contributed by atoms with Crippen LogP contribution in [-0.4, -0.2) is 34.2 Å². The Morgan fingerprint density at radius 1 is 1.58 bits per heavy atom. The normalized spacial score (nSPS) is 33.0. The third-order valence-electron chi connectivity index (χ3n) is 2.54. The first-order chi connectivity index (χ1) is 5.95. The second-order valence-corrected chi connectivity index (χ2v) is 3.24. The van der Waals surface area contributed by atoms with Gasteiger partial charge in [-0.25, -0.2) is 4.68 Å². The lowest BCUT2D eigenvalue weighted by atomic mass is 10.2. The van der Waals surface area contributed by atoms with Gasteiger partial charge < -0.3 is 10.1 Å². The fraction of sp³-hybridized carbons (Fsp3) is 0.714. The van der Waals surface area contributed by atoms with Gasteiger partial charge in [-0.05, 0) is 0 Å². The van der Waals surface area contributed by atoms with Crippen molar-refractivity contribution in [1.29, 1.82) is 0 Å². The topological polar surface area (TPSA) is 52.0 Å². The minimum Gasteiger partial charge on any atom is -0.368 e. The first kappa shape index (κ1) is 6.56. The number of aromatic nitrogens is 3. The van der Waals surface area contributed by atoms with Crippen LogP contribution in [0, 0.1) is 0 Å². The summed E-state index contributed by atoms with van der Waals surface area (Å²) in [5.41, 5.74) is 1.08. The molecule has 1 N–H and O–H groups in total. The summed E-state index contributed by atoms with van der Waals surface area (Å²) in [5, 5.41) is 11.2. The van der Waals surface area contributed by atoms with E-state index in [4.69, 9.17) is 4.74 Å². The highest BCUT2D eigenvalue weighted by Crippen LogP contribution is 2.25. The van der Waals surface area contributed by atoms with E-state index in [0.717, 1.165) is 18.8 Å². The van der Waals surface area contributed by atoms with Gasteiger partial charge in [0, 0.05) is 13.1 Å². The van der Waals surface area contributed by atoms with Crippen LogP contribution in [0.4, 0.5) is 0 Å². The van der Waals surface area contributed by atoms with Crippen LogP contribution in [0.25, 0.3) is 0 Å². The first-order valence-electron chi connectivity index (χ1n) is 4.16. The molecule has 1 aromatic heterocycles. The molecule has 1 unspecified atom stereocenters. The molecule has 0 aromatic carbocycles. The van der Waals surface area contributed by atoms with Gasteiger partial charge in [-0.15, -0.1) is 5.10 Å². The molecule has 64 valence electrons. The minimum atomic E-state index is 0.291. The standard InChI is InChI=1S/C7H10N4O/c1-5-4-12-7-3-8-2-6(7)11(5)10-9-1/h1,6-8H,2-4H2/t6-,7?/m0/s1. The second-order valence-electron chi connectivity index (χ2n) is 3.24. The average molecular weight is 166 g/mol. The molecule has 5 heteroatoms. The molecule has 0 aliphatic carbocycles. The van der Waals surface area contributed by atoms with Gasteiger partial charge in [0.25, 0.3) is 0 Å². The Kier molecular flexibility index (Phi) is 1.24. The number of nitrogens with zero attached hydrogens (tertiary/aromatic N) is 3. The van der Waals surface area contributed by atoms with Gasteiger partial charge in [0.15, 0.2) is 0 Å². The Morgan fingerprint density at radius 3 is 3.58 bits per heavy atom. The Hall–Kier alpha value is -0.940. The molecule has 1 fully saturated rings. The zero-order valence-corrected chi connectivity index (χ0v) is 6.60. The highest BCUT2D eigenvalue weighted by atomic mass is 16.5. The lowest BCUT2D eigenvalue weighted by molar-refractivity contribution is -0.00289. The van der Waals surface area contributed by atoms with Gasteiger partial charge >= 0.3 is 0 Å². The van der Waals surface area contributed by atoms with E-state index in [1.807, 2.05) is 4.68 Å². The van der Waals surface area contributed by atoms with Crippen molar-refractivity contribution in [3.05, 3.63) is 11.9 Å². The van der Waals surface area contributed by atoms with Crippen molar-refractivity contribution in [2.24, 2.45) is 0 Å². The summed E-state index contributed by atoms with van der Waals surface area (Å²) in [6, 6.07) is 0.358. The highest BCUT2D eigenvalue weighted by Gasteiger charge is 2.34. The van der Waals surface area contributed by atoms with Gasteiger partial charge in [-0.3, -0.25) is 0 Å². The van der Waals surface area contributed by atoms with Gasteiger partial charge in [-0.2, -0.15) is 0 Å². The van der Waals surface area contributed by atoms with Gasteiger partial charge in [0.05, 0.1) is 30.6 Å². The van der Waals surface area contributed by atoms with Crippen LogP contribution in [0.3, 0.4) is 0 Å². The molecule has 0 spiro atoms. The molecular weight excluding hydrogens is 156 g/mol. The Labute approximate surface area is 69.7 Å². The minimum absolute atomic E-state index is 0.291. The highest BCUT2D eigenvalue weighted by molar-refractivity contribution is 5.01. The van der Waals surface area contributed by atoms with E-state index in [0.29, 0.717) is 18.8 Å². The summed E-state index contributed by atoms with van der Waals surface area (Å²) in [5.74, 6) is 0. The van der Waals surface area contributed by atoms with Gasteiger partial charge in [0.1, 0.15) is 0 Å². The van der Waals surface area contributed by atoms with Crippen molar-refractivity contribution in [1.82, 2.24) is 20.3 Å². The predicted molar refractivity (Wildman–Crippen MR) is 40.5 cm³/mol. The van der Waals surface area contributed by atoms with Crippen molar-refractivity contribution in [2.45, 2.75) is 18.8 Å². The number of fused-ring (bicyclic) bond motifs is 3. The van der Waals surface area contributed by atoms with E-state index in [9.17, 15) is 0 Å². The molecule has 2 atom stereocenters. The van der Waals surface area contributed by atoms with Crippen LogP contribution in [0.15, 0.2) is 6.20 Å². The van der Waals surface area contributed by atoms with Gasteiger partial charge in [0.2, 0.25) is 0 Å². The van der Waals surface area contributed by atoms with Crippen LogP contribution >= 0.6 is 0 Å². The van der Waals surface area contributed by atoms with Crippen molar-refractivity contribution in [3.8, 4) is 0 Å². The van der Waals surface area contributed by atoms with Crippen molar-refractivity contribution >= 4 is 0 Å². The fourth-order valence-corrected chi connectivity index (χ4v) is 1.89. The number of ether oxygens (including phenoxy) is 1. The van der Waals surface area contributed by atoms with E-state index in [2.05, 4.69) is 15.6 Å². The Bertz CT molecular complexity index is 297. The molecule has 3 heterocycles.